The number of esters is 1. The van der Waals surface area contributed by atoms with Crippen molar-refractivity contribution in [3.8, 4) is 0 Å². The number of benzene rings is 2. The molecule has 0 heterocycles. The molecule has 0 saturated carbocycles. The second-order valence-corrected chi connectivity index (χ2v) is 6.72. The van der Waals surface area contributed by atoms with E-state index in [1.54, 1.807) is 12.1 Å². The van der Waals surface area contributed by atoms with Crippen LogP contribution in [0.15, 0.2) is 42.5 Å². The van der Waals surface area contributed by atoms with Gasteiger partial charge in [-0.2, -0.15) is 13.2 Å². The third-order valence-electron chi connectivity index (χ3n) is 3.62. The van der Waals surface area contributed by atoms with Gasteiger partial charge in [0.25, 0.3) is 5.91 Å². The topological polar surface area (TPSA) is 84.5 Å². The van der Waals surface area contributed by atoms with Crippen LogP contribution in [0.3, 0.4) is 0 Å². The van der Waals surface area contributed by atoms with Gasteiger partial charge >= 0.3 is 12.1 Å². The quantitative estimate of drug-likeness (QED) is 0.572. The van der Waals surface area contributed by atoms with Gasteiger partial charge in [-0.05, 0) is 30.3 Å². The van der Waals surface area contributed by atoms with E-state index in [1.165, 1.54) is 12.1 Å². The van der Waals surface area contributed by atoms with Crippen molar-refractivity contribution in [1.29, 1.82) is 0 Å². The van der Waals surface area contributed by atoms with Crippen molar-refractivity contribution in [2.24, 2.45) is 0 Å². The lowest BCUT2D eigenvalue weighted by Crippen LogP contribution is -2.22. The second-order valence-electron chi connectivity index (χ2n) is 5.94. The maximum Gasteiger partial charge on any atom is 0.416 e. The zero-order chi connectivity index (χ0) is 22.3. The summed E-state index contributed by atoms with van der Waals surface area (Å²) in [5.74, 6) is -2.18. The van der Waals surface area contributed by atoms with E-state index in [1.807, 2.05) is 0 Å². The lowest BCUT2D eigenvalue weighted by atomic mass is 10.2. The standard InChI is InChI=1S/C19H15Cl2F3N2O4/c20-13-5-2-6-14(18(13)21)26-15(27)7-8-17(29)30-10-16(28)25-12-4-1-3-11(9-12)19(22,23)24/h1-6,9H,7-8,10H2,(H,25,28)(H,26,27). The molecule has 0 aliphatic carbocycles. The van der Waals surface area contributed by atoms with Crippen molar-refractivity contribution in [2.45, 2.75) is 19.0 Å². The first-order valence-electron chi connectivity index (χ1n) is 8.43. The summed E-state index contributed by atoms with van der Waals surface area (Å²) in [6.45, 7) is -0.711. The first kappa shape index (κ1) is 23.5. The third-order valence-corrected chi connectivity index (χ3v) is 4.44. The Bertz CT molecular complexity index is 952. The molecule has 0 saturated heterocycles. The van der Waals surface area contributed by atoms with Crippen molar-refractivity contribution >= 4 is 52.4 Å². The van der Waals surface area contributed by atoms with Crippen LogP contribution in [0.4, 0.5) is 24.5 Å². The number of anilines is 2. The molecule has 0 aliphatic rings. The van der Waals surface area contributed by atoms with Gasteiger partial charge in [0.15, 0.2) is 6.61 Å². The molecule has 0 spiro atoms. The van der Waals surface area contributed by atoms with Crippen molar-refractivity contribution < 1.29 is 32.3 Å². The zero-order valence-electron chi connectivity index (χ0n) is 15.2. The first-order chi connectivity index (χ1) is 14.1. The van der Waals surface area contributed by atoms with Crippen LogP contribution in [-0.4, -0.2) is 24.4 Å². The van der Waals surface area contributed by atoms with Crippen LogP contribution < -0.4 is 10.6 Å². The van der Waals surface area contributed by atoms with Gasteiger partial charge in [-0.3, -0.25) is 14.4 Å². The lowest BCUT2D eigenvalue weighted by molar-refractivity contribution is -0.147. The van der Waals surface area contributed by atoms with E-state index in [9.17, 15) is 27.6 Å². The van der Waals surface area contributed by atoms with Gasteiger partial charge in [0.05, 0.1) is 27.7 Å². The Labute approximate surface area is 179 Å². The van der Waals surface area contributed by atoms with Crippen molar-refractivity contribution in [3.05, 3.63) is 58.1 Å². The number of carbonyl (C=O) groups is 3. The van der Waals surface area contributed by atoms with Crippen LogP contribution in [0.25, 0.3) is 0 Å². The Kier molecular flexibility index (Phi) is 8.08. The van der Waals surface area contributed by atoms with Crippen LogP contribution >= 0.6 is 23.2 Å². The summed E-state index contributed by atoms with van der Waals surface area (Å²) in [5.41, 5.74) is -0.741. The molecule has 2 aromatic carbocycles. The Morgan fingerprint density at radius 1 is 0.933 bits per heavy atom. The van der Waals surface area contributed by atoms with E-state index in [2.05, 4.69) is 10.6 Å². The number of nitrogens with one attached hydrogen (secondary N) is 2. The van der Waals surface area contributed by atoms with Crippen LogP contribution in [-0.2, 0) is 25.3 Å². The Hall–Kier alpha value is -2.78. The number of ether oxygens (including phenoxy) is 1. The fourth-order valence-corrected chi connectivity index (χ4v) is 2.56. The van der Waals surface area contributed by atoms with Gasteiger partial charge in [0.1, 0.15) is 0 Å². The molecule has 0 fully saturated rings. The van der Waals surface area contributed by atoms with E-state index in [-0.39, 0.29) is 34.3 Å². The fourth-order valence-electron chi connectivity index (χ4n) is 2.22. The second kappa shape index (κ2) is 10.3. The van der Waals surface area contributed by atoms with Gasteiger partial charge in [0.2, 0.25) is 5.91 Å². The lowest BCUT2D eigenvalue weighted by Gasteiger charge is -2.10. The molecule has 2 amide bonds. The number of rotatable bonds is 7. The van der Waals surface area contributed by atoms with Gasteiger partial charge in [0, 0.05) is 12.1 Å². The summed E-state index contributed by atoms with van der Waals surface area (Å²) < 4.78 is 42.7. The van der Waals surface area contributed by atoms with E-state index in [4.69, 9.17) is 27.9 Å². The third kappa shape index (κ3) is 7.23. The highest BCUT2D eigenvalue weighted by atomic mass is 35.5. The molecule has 160 valence electrons. The molecule has 30 heavy (non-hydrogen) atoms. The van der Waals surface area contributed by atoms with Gasteiger partial charge in [-0.15, -0.1) is 0 Å². The molecule has 2 N–H and O–H groups in total. The summed E-state index contributed by atoms with van der Waals surface area (Å²) >= 11 is 11.8. The average Bonchev–Trinajstić information content (AvgIpc) is 2.68. The SMILES string of the molecule is O=C(COC(=O)CCC(=O)Nc1cccc(Cl)c1Cl)Nc1cccc(C(F)(F)F)c1. The average molecular weight is 463 g/mol. The molecule has 11 heteroatoms. The minimum Gasteiger partial charge on any atom is -0.456 e. The maximum atomic E-state index is 12.7. The molecule has 0 bridgehead atoms. The van der Waals surface area contributed by atoms with Crippen molar-refractivity contribution in [3.63, 3.8) is 0 Å². The number of hydrogen-bond acceptors (Lipinski definition) is 4. The molecule has 2 aromatic rings. The van der Waals surface area contributed by atoms with Crippen LogP contribution in [0.1, 0.15) is 18.4 Å². The van der Waals surface area contributed by atoms with Gasteiger partial charge in [-0.1, -0.05) is 35.3 Å². The number of halogens is 5. The fraction of sp³-hybridized carbons (Fsp3) is 0.211. The Morgan fingerprint density at radius 3 is 2.33 bits per heavy atom. The van der Waals surface area contributed by atoms with E-state index < -0.39 is 36.1 Å². The number of amides is 2. The molecular weight excluding hydrogens is 448 g/mol. The van der Waals surface area contributed by atoms with Crippen LogP contribution in [0.5, 0.6) is 0 Å². The Balaban J connectivity index is 1.76. The predicted octanol–water partition coefficient (Wildman–Crippen LogP) is 4.91. The normalized spacial score (nSPS) is 11.0. The van der Waals surface area contributed by atoms with E-state index in [0.29, 0.717) is 0 Å². The minimum absolute atomic E-state index is 0.0938. The smallest absolute Gasteiger partial charge is 0.416 e. The van der Waals surface area contributed by atoms with E-state index >= 15 is 0 Å². The van der Waals surface area contributed by atoms with E-state index in [0.717, 1.165) is 18.2 Å². The number of alkyl halides is 3. The zero-order valence-corrected chi connectivity index (χ0v) is 16.7. The summed E-state index contributed by atoms with van der Waals surface area (Å²) in [5, 5.41) is 5.09. The largest absolute Gasteiger partial charge is 0.456 e. The highest BCUT2D eigenvalue weighted by molar-refractivity contribution is 6.44. The maximum absolute atomic E-state index is 12.7. The monoisotopic (exact) mass is 462 g/mol. The molecular formula is C19H15Cl2F3N2O4. The summed E-state index contributed by atoms with van der Waals surface area (Å²) in [6, 6.07) is 8.67. The first-order valence-corrected chi connectivity index (χ1v) is 9.18. The van der Waals surface area contributed by atoms with Crippen LogP contribution in [0, 0.1) is 0 Å². The van der Waals surface area contributed by atoms with Crippen molar-refractivity contribution in [1.82, 2.24) is 0 Å². The minimum atomic E-state index is -4.55. The summed E-state index contributed by atoms with van der Waals surface area (Å²) in [6.07, 6.45) is -5.11. The molecule has 2 rings (SSSR count). The molecule has 0 aromatic heterocycles. The molecule has 0 aliphatic heterocycles. The summed E-state index contributed by atoms with van der Waals surface area (Å²) in [7, 11) is 0. The molecule has 0 radical (unpaired) electrons. The van der Waals surface area contributed by atoms with Crippen molar-refractivity contribution in [2.75, 3.05) is 17.2 Å². The number of hydrogen-bond donors (Lipinski definition) is 2. The highest BCUT2D eigenvalue weighted by Gasteiger charge is 2.30. The molecule has 0 atom stereocenters. The van der Waals surface area contributed by atoms with Gasteiger partial charge < -0.3 is 15.4 Å². The van der Waals surface area contributed by atoms with Crippen LogP contribution in [0.2, 0.25) is 10.0 Å². The molecule has 0 unspecified atom stereocenters. The predicted molar refractivity (Wildman–Crippen MR) is 105 cm³/mol. The highest BCUT2D eigenvalue weighted by Crippen LogP contribution is 2.31. The number of carbonyl (C=O) groups excluding carboxylic acids is 3. The molecule has 6 nitrogen and oxygen atoms in total. The summed E-state index contributed by atoms with van der Waals surface area (Å²) in [4.78, 5) is 35.3. The van der Waals surface area contributed by atoms with Gasteiger partial charge in [-0.25, -0.2) is 0 Å². The Morgan fingerprint density at radius 2 is 1.63 bits per heavy atom.